The maximum atomic E-state index is 2.46. The van der Waals surface area contributed by atoms with Crippen LogP contribution in [0.5, 0.6) is 0 Å². The maximum absolute atomic E-state index is 2.46. The van der Waals surface area contributed by atoms with E-state index in [1.807, 2.05) is 0 Å². The fourth-order valence-electron chi connectivity index (χ4n) is 1.68. The van der Waals surface area contributed by atoms with Crippen molar-refractivity contribution in [2.45, 2.75) is 46.0 Å². The normalized spacial score (nSPS) is 29.8. The number of allylic oxidation sites excluding steroid dienone is 2. The monoisotopic (exact) mass is 138 g/mol. The van der Waals surface area contributed by atoms with Gasteiger partial charge in [-0.3, -0.25) is 0 Å². The molecule has 0 heterocycles. The Morgan fingerprint density at radius 3 is 2.90 bits per heavy atom. The standard InChI is InChI=1S/C10H18/c1-3-4-7-10-8-5-6-9(10)2/h7,9H,3-6,8H2,1-2H3/b10-7-. The van der Waals surface area contributed by atoms with E-state index in [0.717, 1.165) is 5.92 Å². The second-order valence-corrected chi connectivity index (χ2v) is 3.36. The van der Waals surface area contributed by atoms with Gasteiger partial charge in [0.05, 0.1) is 0 Å². The Morgan fingerprint density at radius 1 is 1.60 bits per heavy atom. The first-order valence-electron chi connectivity index (χ1n) is 4.53. The van der Waals surface area contributed by atoms with Gasteiger partial charge in [-0.05, 0) is 31.6 Å². The van der Waals surface area contributed by atoms with Gasteiger partial charge in [0.15, 0.2) is 0 Å². The van der Waals surface area contributed by atoms with E-state index >= 15 is 0 Å². The molecule has 0 aromatic carbocycles. The van der Waals surface area contributed by atoms with Gasteiger partial charge in [-0.25, -0.2) is 0 Å². The molecule has 58 valence electrons. The molecule has 1 aliphatic carbocycles. The molecule has 1 fully saturated rings. The minimum atomic E-state index is 0.895. The summed E-state index contributed by atoms with van der Waals surface area (Å²) < 4.78 is 0. The Hall–Kier alpha value is -0.260. The molecule has 0 heteroatoms. The zero-order valence-corrected chi connectivity index (χ0v) is 7.19. The molecular formula is C10H18. The summed E-state index contributed by atoms with van der Waals surface area (Å²) in [5, 5.41) is 0. The third kappa shape index (κ3) is 1.86. The van der Waals surface area contributed by atoms with Crippen LogP contribution in [0.1, 0.15) is 46.0 Å². The molecule has 0 aromatic heterocycles. The third-order valence-electron chi connectivity index (χ3n) is 2.43. The van der Waals surface area contributed by atoms with Gasteiger partial charge < -0.3 is 0 Å². The lowest BCUT2D eigenvalue weighted by Gasteiger charge is -2.02. The molecule has 1 saturated carbocycles. The van der Waals surface area contributed by atoms with Gasteiger partial charge in [0.25, 0.3) is 0 Å². The van der Waals surface area contributed by atoms with Crippen LogP contribution in [-0.4, -0.2) is 0 Å². The maximum Gasteiger partial charge on any atom is -0.0232 e. The average Bonchev–Trinajstić information content (AvgIpc) is 2.31. The SMILES string of the molecule is CCC/C=C1/CCCC1C. The highest BCUT2D eigenvalue weighted by Gasteiger charge is 2.14. The van der Waals surface area contributed by atoms with Crippen LogP contribution in [0, 0.1) is 5.92 Å². The summed E-state index contributed by atoms with van der Waals surface area (Å²) in [7, 11) is 0. The van der Waals surface area contributed by atoms with E-state index in [1.54, 1.807) is 5.57 Å². The molecule has 1 unspecified atom stereocenters. The first-order valence-corrected chi connectivity index (χ1v) is 4.53. The van der Waals surface area contributed by atoms with Crippen LogP contribution < -0.4 is 0 Å². The van der Waals surface area contributed by atoms with E-state index in [2.05, 4.69) is 19.9 Å². The molecule has 0 saturated heterocycles. The Kier molecular flexibility index (Phi) is 2.98. The van der Waals surface area contributed by atoms with Gasteiger partial charge in [-0.1, -0.05) is 31.9 Å². The summed E-state index contributed by atoms with van der Waals surface area (Å²) in [6.45, 7) is 4.60. The van der Waals surface area contributed by atoms with Crippen molar-refractivity contribution in [1.29, 1.82) is 0 Å². The minimum absolute atomic E-state index is 0.895. The fraction of sp³-hybridized carbons (Fsp3) is 0.800. The number of hydrogen-bond donors (Lipinski definition) is 0. The summed E-state index contributed by atoms with van der Waals surface area (Å²) in [5.41, 5.74) is 1.72. The molecular weight excluding hydrogens is 120 g/mol. The summed E-state index contributed by atoms with van der Waals surface area (Å²) in [6, 6.07) is 0. The molecule has 1 aliphatic rings. The molecule has 0 amide bonds. The Bertz CT molecular complexity index is 122. The minimum Gasteiger partial charge on any atom is -0.0851 e. The second kappa shape index (κ2) is 3.80. The summed E-state index contributed by atoms with van der Waals surface area (Å²) >= 11 is 0. The van der Waals surface area contributed by atoms with Gasteiger partial charge in [0, 0.05) is 0 Å². The van der Waals surface area contributed by atoms with Crippen LogP contribution in [0.2, 0.25) is 0 Å². The fourth-order valence-corrected chi connectivity index (χ4v) is 1.68. The van der Waals surface area contributed by atoms with Crippen LogP contribution in [-0.2, 0) is 0 Å². The van der Waals surface area contributed by atoms with E-state index in [4.69, 9.17) is 0 Å². The van der Waals surface area contributed by atoms with Crippen LogP contribution in [0.25, 0.3) is 0 Å². The van der Waals surface area contributed by atoms with Gasteiger partial charge >= 0.3 is 0 Å². The van der Waals surface area contributed by atoms with Gasteiger partial charge in [-0.2, -0.15) is 0 Å². The topological polar surface area (TPSA) is 0 Å². The van der Waals surface area contributed by atoms with Crippen molar-refractivity contribution in [2.24, 2.45) is 5.92 Å². The van der Waals surface area contributed by atoms with E-state index in [-0.39, 0.29) is 0 Å². The highest BCUT2D eigenvalue weighted by Crippen LogP contribution is 2.30. The molecule has 1 rings (SSSR count). The predicted octanol–water partition coefficient (Wildman–Crippen LogP) is 3.53. The predicted molar refractivity (Wildman–Crippen MR) is 46.0 cm³/mol. The molecule has 0 spiro atoms. The lowest BCUT2D eigenvalue weighted by molar-refractivity contribution is 0.692. The van der Waals surface area contributed by atoms with Gasteiger partial charge in [0.1, 0.15) is 0 Å². The van der Waals surface area contributed by atoms with E-state index in [9.17, 15) is 0 Å². The van der Waals surface area contributed by atoms with E-state index < -0.39 is 0 Å². The second-order valence-electron chi connectivity index (χ2n) is 3.36. The Morgan fingerprint density at radius 2 is 2.40 bits per heavy atom. The lowest BCUT2D eigenvalue weighted by atomic mass is 10.0. The summed E-state index contributed by atoms with van der Waals surface area (Å²) in [6.07, 6.45) is 9.28. The van der Waals surface area contributed by atoms with Crippen LogP contribution in [0.3, 0.4) is 0 Å². The van der Waals surface area contributed by atoms with Crippen LogP contribution >= 0.6 is 0 Å². The van der Waals surface area contributed by atoms with Crippen molar-refractivity contribution < 1.29 is 0 Å². The smallest absolute Gasteiger partial charge is 0.0232 e. The number of hydrogen-bond acceptors (Lipinski definition) is 0. The van der Waals surface area contributed by atoms with Gasteiger partial charge in [0.2, 0.25) is 0 Å². The summed E-state index contributed by atoms with van der Waals surface area (Å²) in [5.74, 6) is 0.895. The zero-order chi connectivity index (χ0) is 7.40. The number of rotatable bonds is 2. The Balaban J connectivity index is 2.38. The molecule has 0 radical (unpaired) electrons. The van der Waals surface area contributed by atoms with Crippen molar-refractivity contribution in [3.8, 4) is 0 Å². The van der Waals surface area contributed by atoms with Gasteiger partial charge in [-0.15, -0.1) is 0 Å². The third-order valence-corrected chi connectivity index (χ3v) is 2.43. The van der Waals surface area contributed by atoms with E-state index in [0.29, 0.717) is 0 Å². The first-order chi connectivity index (χ1) is 4.84. The van der Waals surface area contributed by atoms with E-state index in [1.165, 1.54) is 32.1 Å². The molecule has 0 aliphatic heterocycles. The molecule has 0 nitrogen and oxygen atoms in total. The molecule has 1 atom stereocenters. The van der Waals surface area contributed by atoms with Crippen LogP contribution in [0.4, 0.5) is 0 Å². The van der Waals surface area contributed by atoms with Crippen molar-refractivity contribution in [3.05, 3.63) is 11.6 Å². The van der Waals surface area contributed by atoms with Crippen LogP contribution in [0.15, 0.2) is 11.6 Å². The summed E-state index contributed by atoms with van der Waals surface area (Å²) in [4.78, 5) is 0. The Labute approximate surface area is 64.3 Å². The highest BCUT2D eigenvalue weighted by atomic mass is 14.2. The van der Waals surface area contributed by atoms with Crippen molar-refractivity contribution in [2.75, 3.05) is 0 Å². The molecule has 10 heavy (non-hydrogen) atoms. The molecule has 0 aromatic rings. The lowest BCUT2D eigenvalue weighted by Crippen LogP contribution is -1.87. The zero-order valence-electron chi connectivity index (χ0n) is 7.19. The number of unbranched alkanes of at least 4 members (excludes halogenated alkanes) is 1. The molecule has 0 N–H and O–H groups in total. The quantitative estimate of drug-likeness (QED) is 0.512. The molecule has 0 bridgehead atoms. The first kappa shape index (κ1) is 7.84. The largest absolute Gasteiger partial charge is 0.0851 e. The van der Waals surface area contributed by atoms with Crippen molar-refractivity contribution in [1.82, 2.24) is 0 Å². The average molecular weight is 138 g/mol. The van der Waals surface area contributed by atoms with Crippen molar-refractivity contribution >= 4 is 0 Å². The van der Waals surface area contributed by atoms with Crippen molar-refractivity contribution in [3.63, 3.8) is 0 Å². The highest BCUT2D eigenvalue weighted by molar-refractivity contribution is 5.09.